The van der Waals surface area contributed by atoms with E-state index in [2.05, 4.69) is 15.3 Å². The minimum absolute atomic E-state index is 0.00804. The van der Waals surface area contributed by atoms with Gasteiger partial charge in [-0.3, -0.25) is 4.68 Å². The fraction of sp³-hybridized carbons (Fsp3) is 0.324. The van der Waals surface area contributed by atoms with Gasteiger partial charge in [-0.25, -0.2) is 18.6 Å². The first kappa shape index (κ1) is 30.2. The number of aliphatic hydroxyl groups is 1. The number of aryl methyl sites for hydroxylation is 2. The molecule has 43 heavy (non-hydrogen) atoms. The number of carbonyl (C=O) groups excluding carboxylic acids is 2. The van der Waals surface area contributed by atoms with Gasteiger partial charge in [-0.2, -0.15) is 5.10 Å². The van der Waals surface area contributed by atoms with Crippen LogP contribution in [0.15, 0.2) is 79.0 Å². The van der Waals surface area contributed by atoms with Crippen molar-refractivity contribution in [3.8, 4) is 0 Å². The Morgan fingerprint density at radius 2 is 1.28 bits per heavy atom. The molecule has 2 N–H and O–H groups in total. The number of hydrogen-bond donors (Lipinski definition) is 2. The Labute approximate surface area is 253 Å². The van der Waals surface area contributed by atoms with Gasteiger partial charge in [0.1, 0.15) is 16.9 Å². The van der Waals surface area contributed by atoms with Gasteiger partial charge < -0.3 is 15.3 Å². The maximum Gasteiger partial charge on any atom is 0.353 e. The van der Waals surface area contributed by atoms with Gasteiger partial charge in [0.2, 0.25) is 0 Å². The van der Waals surface area contributed by atoms with E-state index >= 15 is 0 Å². The van der Waals surface area contributed by atoms with Crippen LogP contribution in [0.4, 0.5) is 28.4 Å². The molecule has 0 spiro atoms. The highest BCUT2D eigenvalue weighted by molar-refractivity contribution is 6.03. The molecule has 0 bridgehead atoms. The Balaban J connectivity index is 1.23. The first-order valence-corrected chi connectivity index (χ1v) is 14.7. The molecule has 224 valence electrons. The van der Waals surface area contributed by atoms with E-state index in [-0.39, 0.29) is 26.9 Å². The Morgan fingerprint density at radius 3 is 1.74 bits per heavy atom. The van der Waals surface area contributed by atoms with Crippen molar-refractivity contribution in [1.29, 1.82) is 0 Å². The van der Waals surface area contributed by atoms with Crippen LogP contribution in [-0.4, -0.2) is 74.1 Å². The van der Waals surface area contributed by atoms with Gasteiger partial charge >= 0.3 is 11.8 Å². The van der Waals surface area contributed by atoms with Crippen molar-refractivity contribution in [1.82, 2.24) is 18.7 Å². The molecule has 1 fully saturated rings. The highest BCUT2D eigenvalue weighted by Crippen LogP contribution is 2.29. The van der Waals surface area contributed by atoms with Crippen LogP contribution in [0.25, 0.3) is 0 Å². The predicted molar refractivity (Wildman–Crippen MR) is 174 cm³/mol. The molecule has 2 amide bonds. The Kier molecular flexibility index (Phi) is 8.25. The molecule has 0 unspecified atom stereocenters. The third-order valence-electron chi connectivity index (χ3n) is 8.52. The van der Waals surface area contributed by atoms with Crippen LogP contribution in [-0.2, 0) is 7.05 Å². The molecule has 9 nitrogen and oxygen atoms in total. The lowest BCUT2D eigenvalue weighted by Crippen LogP contribution is -2.46. The van der Waals surface area contributed by atoms with Crippen LogP contribution < -0.4 is 19.2 Å². The molecule has 3 aromatic carbocycles. The number of piperidine rings is 1. The maximum atomic E-state index is 13.5. The summed E-state index contributed by atoms with van der Waals surface area (Å²) in [6.45, 7) is 3.50. The van der Waals surface area contributed by atoms with E-state index in [1.807, 2.05) is 115 Å². The van der Waals surface area contributed by atoms with E-state index in [1.54, 1.807) is 10.9 Å². The predicted octanol–water partition coefficient (Wildman–Crippen LogP) is 5.25. The summed E-state index contributed by atoms with van der Waals surface area (Å²) in [5.41, 5.74) is 6.62. The normalized spacial score (nSPS) is 14.5. The third kappa shape index (κ3) is 6.24. The Morgan fingerprint density at radius 1 is 0.791 bits per heavy atom. The van der Waals surface area contributed by atoms with Crippen LogP contribution in [0.2, 0.25) is 0 Å². The molecule has 1 aliphatic rings. The van der Waals surface area contributed by atoms with Gasteiger partial charge in [0.25, 0.3) is 0 Å². The average Bonchev–Trinajstić information content (AvgIpc) is 3.34. The van der Waals surface area contributed by atoms with Crippen molar-refractivity contribution in [2.75, 3.05) is 51.5 Å². The molecule has 0 atom stereocenters. The third-order valence-corrected chi connectivity index (χ3v) is 8.52. The smallest absolute Gasteiger partial charge is 0.353 e. The summed E-state index contributed by atoms with van der Waals surface area (Å²) < 4.78 is 1.83. The zero-order valence-corrected chi connectivity index (χ0v) is 25.9. The molecule has 9 heteroatoms. The Bertz CT molecular complexity index is 1600. The molecule has 4 aromatic rings. The number of carbonyl (C=O) groups is 2. The summed E-state index contributed by atoms with van der Waals surface area (Å²) in [6.07, 6.45) is 3.09. The van der Waals surface area contributed by atoms with Gasteiger partial charge in [0, 0.05) is 67.7 Å². The number of anilines is 3. The summed E-state index contributed by atoms with van der Waals surface area (Å²) in [5.74, 6) is -0.00968. The lowest BCUT2D eigenvalue weighted by Gasteiger charge is -2.31. The minimum atomic E-state index is -0.214. The first-order chi connectivity index (χ1) is 20.4. The number of hydrogen-bond acceptors (Lipinski definition) is 6. The van der Waals surface area contributed by atoms with Crippen molar-refractivity contribution in [2.24, 2.45) is 7.05 Å². The molecule has 0 aliphatic carbocycles. The second-order valence-electron chi connectivity index (χ2n) is 12.3. The zero-order valence-electron chi connectivity index (χ0n) is 25.9. The van der Waals surface area contributed by atoms with Crippen molar-refractivity contribution in [3.63, 3.8) is 0 Å². The molecule has 2 heterocycles. The van der Waals surface area contributed by atoms with Crippen LogP contribution >= 0.6 is 0 Å². The second kappa shape index (κ2) is 11.8. The standard InChI is InChI=1S/C34H42N6O3/c1-24-32(23-37(2)36-24)34(43)40(5,6)30-17-11-27(12-18-30)35-26-9-15-29(16-10-26)39(3,4)33(42)25-7-13-28(14-8-25)38-21-19-31(41)20-22-38/h7-18,23,31,35,41H,19-22H2,1-6H3/q+2. The summed E-state index contributed by atoms with van der Waals surface area (Å²) >= 11 is 0. The van der Waals surface area contributed by atoms with E-state index in [0.717, 1.165) is 60.1 Å². The lowest BCUT2D eigenvalue weighted by molar-refractivity contribution is 0.0824. The van der Waals surface area contributed by atoms with Crippen molar-refractivity contribution in [2.45, 2.75) is 25.9 Å². The highest BCUT2D eigenvalue weighted by atomic mass is 16.3. The van der Waals surface area contributed by atoms with E-state index in [4.69, 9.17) is 0 Å². The fourth-order valence-electron chi connectivity index (χ4n) is 5.61. The minimum Gasteiger partial charge on any atom is -0.393 e. The van der Waals surface area contributed by atoms with Crippen LogP contribution in [0.3, 0.4) is 0 Å². The van der Waals surface area contributed by atoms with Gasteiger partial charge in [0.15, 0.2) is 0 Å². The van der Waals surface area contributed by atoms with Crippen molar-refractivity contribution in [3.05, 3.63) is 95.8 Å². The SMILES string of the molecule is Cc1nn(C)cc1C(=O)[N+](C)(C)c1ccc(Nc2ccc([N+](C)(C)C(=O)c3ccc(N4CCC(O)CC4)cc3)cc2)cc1. The molecule has 1 saturated heterocycles. The number of amides is 2. The molecule has 0 radical (unpaired) electrons. The molecule has 0 saturated carbocycles. The van der Waals surface area contributed by atoms with E-state index in [9.17, 15) is 14.7 Å². The van der Waals surface area contributed by atoms with Gasteiger partial charge in [0.05, 0.1) is 45.6 Å². The maximum absolute atomic E-state index is 13.5. The van der Waals surface area contributed by atoms with Gasteiger partial charge in [-0.15, -0.1) is 0 Å². The van der Waals surface area contributed by atoms with Crippen LogP contribution in [0.1, 0.15) is 39.3 Å². The molecule has 1 aromatic heterocycles. The summed E-state index contributed by atoms with van der Waals surface area (Å²) in [6, 6.07) is 23.5. The number of nitrogens with zero attached hydrogens (tertiary/aromatic N) is 5. The van der Waals surface area contributed by atoms with Crippen LogP contribution in [0, 0.1) is 6.92 Å². The Hall–Kier alpha value is -4.31. The van der Waals surface area contributed by atoms with Gasteiger partial charge in [-0.05, 0) is 68.3 Å². The fourth-order valence-corrected chi connectivity index (χ4v) is 5.61. The van der Waals surface area contributed by atoms with Crippen molar-refractivity contribution >= 4 is 40.3 Å². The topological polar surface area (TPSA) is 87.5 Å². The number of nitrogens with one attached hydrogen (secondary N) is 1. The second-order valence-corrected chi connectivity index (χ2v) is 12.3. The molecule has 5 rings (SSSR count). The summed E-state index contributed by atoms with van der Waals surface area (Å²) in [5, 5.41) is 17.5. The quantitative estimate of drug-likeness (QED) is 0.290. The van der Waals surface area contributed by atoms with Gasteiger partial charge in [-0.1, -0.05) is 0 Å². The van der Waals surface area contributed by atoms with E-state index in [0.29, 0.717) is 11.1 Å². The number of benzene rings is 3. The number of rotatable bonds is 7. The number of quaternary nitrogens is 2. The summed E-state index contributed by atoms with van der Waals surface area (Å²) in [4.78, 5) is 29.1. The average molecular weight is 583 g/mol. The molecular weight excluding hydrogens is 540 g/mol. The molecular formula is C34H42N6O3+2. The highest BCUT2D eigenvalue weighted by Gasteiger charge is 2.33. The van der Waals surface area contributed by atoms with E-state index < -0.39 is 0 Å². The largest absolute Gasteiger partial charge is 0.393 e. The molecule has 1 aliphatic heterocycles. The van der Waals surface area contributed by atoms with Crippen molar-refractivity contribution < 1.29 is 14.7 Å². The van der Waals surface area contributed by atoms with Crippen LogP contribution in [0.5, 0.6) is 0 Å². The summed E-state index contributed by atoms with van der Waals surface area (Å²) in [7, 11) is 9.38. The number of aromatic nitrogens is 2. The monoisotopic (exact) mass is 582 g/mol. The van der Waals surface area contributed by atoms with E-state index in [1.165, 1.54) is 0 Å². The lowest BCUT2D eigenvalue weighted by atomic mass is 10.1. The zero-order chi connectivity index (χ0) is 30.9. The number of aliphatic hydroxyl groups excluding tert-OH is 1. The first-order valence-electron chi connectivity index (χ1n) is 14.7.